The van der Waals surface area contributed by atoms with Gasteiger partial charge in [0.05, 0.1) is 0 Å². The van der Waals surface area contributed by atoms with Gasteiger partial charge in [-0.25, -0.2) is 0 Å². The summed E-state index contributed by atoms with van der Waals surface area (Å²) in [4.78, 5) is 0. The summed E-state index contributed by atoms with van der Waals surface area (Å²) in [5.74, 6) is 2.73. The summed E-state index contributed by atoms with van der Waals surface area (Å²) in [6.45, 7) is 15.1. The van der Waals surface area contributed by atoms with Crippen LogP contribution in [0.2, 0.25) is 0 Å². The van der Waals surface area contributed by atoms with Crippen LogP contribution in [0.15, 0.2) is 12.7 Å². The van der Waals surface area contributed by atoms with E-state index in [2.05, 4.69) is 46.8 Å². The third kappa shape index (κ3) is 4.37. The predicted molar refractivity (Wildman–Crippen MR) is 89.5 cm³/mol. The Balaban J connectivity index is 2.45. The molecule has 0 aromatic heterocycles. The van der Waals surface area contributed by atoms with Crippen LogP contribution in [-0.4, -0.2) is 31.8 Å². The van der Waals surface area contributed by atoms with Crippen LogP contribution < -0.4 is 0 Å². The van der Waals surface area contributed by atoms with E-state index in [1.807, 2.05) is 0 Å². The second kappa shape index (κ2) is 6.08. The minimum atomic E-state index is -1.36. The molecule has 1 rings (SSSR count). The van der Waals surface area contributed by atoms with Gasteiger partial charge in [0.25, 0.3) is 0 Å². The summed E-state index contributed by atoms with van der Waals surface area (Å²) in [5, 5.41) is 0. The van der Waals surface area contributed by atoms with Crippen LogP contribution in [0.3, 0.4) is 0 Å². The zero-order valence-corrected chi connectivity index (χ0v) is 14.3. The molecular weight excluding hydrogens is 235 g/mol. The van der Waals surface area contributed by atoms with Crippen molar-refractivity contribution in [2.45, 2.75) is 46.5 Å². The van der Waals surface area contributed by atoms with Crippen LogP contribution in [-0.2, 0) is 0 Å². The van der Waals surface area contributed by atoms with E-state index in [-0.39, 0.29) is 0 Å². The maximum atomic E-state index is 3.94. The first-order valence-corrected chi connectivity index (χ1v) is 11.7. The van der Waals surface area contributed by atoms with E-state index in [1.54, 1.807) is 0 Å². The molecule has 0 bridgehead atoms. The molecule has 0 aromatic rings. The molecule has 3 atom stereocenters. The van der Waals surface area contributed by atoms with Crippen LogP contribution >= 0.6 is 6.60 Å². The summed E-state index contributed by atoms with van der Waals surface area (Å²) in [5.41, 5.74) is 0. The Morgan fingerprint density at radius 3 is 2.39 bits per heavy atom. The molecule has 0 amide bonds. The molecule has 108 valence electrons. The van der Waals surface area contributed by atoms with E-state index in [1.165, 1.54) is 44.2 Å². The van der Waals surface area contributed by atoms with E-state index < -0.39 is 6.60 Å². The summed E-state index contributed by atoms with van der Waals surface area (Å²) in [6.07, 6.45) is 12.3. The fourth-order valence-corrected chi connectivity index (χ4v) is 6.69. The van der Waals surface area contributed by atoms with Crippen LogP contribution in [0.5, 0.6) is 0 Å². The summed E-state index contributed by atoms with van der Waals surface area (Å²) < 4.78 is 0. The van der Waals surface area contributed by atoms with Gasteiger partial charge in [-0.05, 0) is 0 Å². The first-order valence-electron chi connectivity index (χ1n) is 7.97. The predicted octanol–water partition coefficient (Wildman–Crippen LogP) is 5.47. The first-order chi connectivity index (χ1) is 8.34. The zero-order chi connectivity index (χ0) is 13.8. The molecule has 18 heavy (non-hydrogen) atoms. The molecule has 1 aliphatic carbocycles. The quantitative estimate of drug-likeness (QED) is 0.385. The van der Waals surface area contributed by atoms with Gasteiger partial charge < -0.3 is 0 Å². The summed E-state index contributed by atoms with van der Waals surface area (Å²) in [7, 11) is 0. The van der Waals surface area contributed by atoms with Crippen molar-refractivity contribution < 1.29 is 0 Å². The number of hydrogen-bond donors (Lipinski definition) is 0. The average Bonchev–Trinajstić information content (AvgIpc) is 3.14. The third-order valence-corrected chi connectivity index (χ3v) is 11.4. The first kappa shape index (κ1) is 16.2. The fourth-order valence-electron chi connectivity index (χ4n) is 3.15. The van der Waals surface area contributed by atoms with Gasteiger partial charge in [0, 0.05) is 0 Å². The molecule has 0 aromatic carbocycles. The van der Waals surface area contributed by atoms with Crippen molar-refractivity contribution in [3.05, 3.63) is 12.7 Å². The average molecular weight is 270 g/mol. The van der Waals surface area contributed by atoms with E-state index in [0.29, 0.717) is 0 Å². The number of allylic oxidation sites excluding steroid dienone is 1. The molecule has 0 N–H and O–H groups in total. The Kier molecular flexibility index (Phi) is 5.48. The molecule has 0 aliphatic heterocycles. The van der Waals surface area contributed by atoms with Crippen molar-refractivity contribution in [1.29, 1.82) is 0 Å². The monoisotopic (exact) mass is 270 g/mol. The van der Waals surface area contributed by atoms with Crippen LogP contribution in [0.25, 0.3) is 0 Å². The van der Waals surface area contributed by atoms with Crippen LogP contribution in [0.1, 0.15) is 46.5 Å². The topological polar surface area (TPSA) is 0 Å². The Labute approximate surface area is 116 Å². The molecule has 1 aliphatic rings. The van der Waals surface area contributed by atoms with E-state index in [0.717, 1.165) is 17.8 Å². The summed E-state index contributed by atoms with van der Waals surface area (Å²) in [6, 6.07) is 0. The Hall–Kier alpha value is 0.170. The van der Waals surface area contributed by atoms with Gasteiger partial charge in [0.1, 0.15) is 0 Å². The van der Waals surface area contributed by atoms with Crippen molar-refractivity contribution in [3.63, 3.8) is 0 Å². The van der Waals surface area contributed by atoms with Gasteiger partial charge in [-0.1, -0.05) is 0 Å². The van der Waals surface area contributed by atoms with Gasteiger partial charge in [-0.2, -0.15) is 0 Å². The molecule has 0 saturated heterocycles. The zero-order valence-electron chi connectivity index (χ0n) is 13.4. The van der Waals surface area contributed by atoms with E-state index in [4.69, 9.17) is 0 Å². The van der Waals surface area contributed by atoms with E-state index in [9.17, 15) is 0 Å². The standard InChI is InChI=1S/C17H35P/c1-7-10-12-18(5,6,9-3)13-11-15(4)17-14-16(17)8-2/h8,15-17H,2,7,9-14H2,1,3-6H3. The SMILES string of the molecule is C=CC1CC1C(C)CCP(C)(C)(CC)CCCC. The number of unbranched alkanes of at least 4 members (excludes halogenated alkanes) is 1. The number of rotatable bonds is 9. The third-order valence-electron chi connectivity index (χ3n) is 5.63. The van der Waals surface area contributed by atoms with Crippen molar-refractivity contribution in [3.8, 4) is 0 Å². The molecule has 0 nitrogen and oxygen atoms in total. The van der Waals surface area contributed by atoms with Crippen molar-refractivity contribution in [2.24, 2.45) is 17.8 Å². The minimum absolute atomic E-state index is 0.844. The van der Waals surface area contributed by atoms with Crippen molar-refractivity contribution in [1.82, 2.24) is 0 Å². The van der Waals surface area contributed by atoms with Crippen molar-refractivity contribution >= 4 is 6.60 Å². The second-order valence-electron chi connectivity index (χ2n) is 7.70. The Morgan fingerprint density at radius 1 is 1.28 bits per heavy atom. The molecule has 1 fully saturated rings. The summed E-state index contributed by atoms with van der Waals surface area (Å²) >= 11 is 0. The number of hydrogen-bond acceptors (Lipinski definition) is 0. The van der Waals surface area contributed by atoms with Gasteiger partial charge in [-0.15, -0.1) is 0 Å². The van der Waals surface area contributed by atoms with Gasteiger partial charge in [0.15, 0.2) is 0 Å². The molecule has 1 heteroatoms. The molecule has 0 heterocycles. The molecule has 0 radical (unpaired) electrons. The molecule has 1 saturated carbocycles. The van der Waals surface area contributed by atoms with Crippen LogP contribution in [0.4, 0.5) is 0 Å². The Morgan fingerprint density at radius 2 is 1.94 bits per heavy atom. The molecule has 0 spiro atoms. The van der Waals surface area contributed by atoms with Gasteiger partial charge in [0.2, 0.25) is 0 Å². The second-order valence-corrected chi connectivity index (χ2v) is 15.3. The van der Waals surface area contributed by atoms with Gasteiger partial charge in [-0.3, -0.25) is 0 Å². The van der Waals surface area contributed by atoms with Crippen LogP contribution in [0, 0.1) is 17.8 Å². The fraction of sp³-hybridized carbons (Fsp3) is 0.882. The van der Waals surface area contributed by atoms with E-state index >= 15 is 0 Å². The normalized spacial score (nSPS) is 27.3. The maximum absolute atomic E-state index is 3.94. The van der Waals surface area contributed by atoms with Gasteiger partial charge >= 0.3 is 115 Å². The Bertz CT molecular complexity index is 279. The molecule has 3 unspecified atom stereocenters. The van der Waals surface area contributed by atoms with Crippen molar-refractivity contribution in [2.75, 3.05) is 31.8 Å². The molecular formula is C17H35P.